The second kappa shape index (κ2) is 7.67. The van der Waals surface area contributed by atoms with Gasteiger partial charge in [0.05, 0.1) is 5.39 Å². The first-order chi connectivity index (χ1) is 15.2. The highest BCUT2D eigenvalue weighted by molar-refractivity contribution is 5.86. The summed E-state index contributed by atoms with van der Waals surface area (Å²) in [4.78, 5) is 21.9. The molecule has 0 radical (unpaired) electrons. The minimum Gasteiger partial charge on any atom is -0.481 e. The lowest BCUT2D eigenvalue weighted by molar-refractivity contribution is -0.187. The van der Waals surface area contributed by atoms with Gasteiger partial charge in [-0.15, -0.1) is 0 Å². The third kappa shape index (κ3) is 3.56. The van der Waals surface area contributed by atoms with E-state index in [-0.39, 0.29) is 12.5 Å². The van der Waals surface area contributed by atoms with Crippen LogP contribution in [0, 0.1) is 11.8 Å². The number of hydrogen-bond donors (Lipinski definition) is 2. The number of carbonyl (C=O) groups is 1. The van der Waals surface area contributed by atoms with Crippen molar-refractivity contribution in [1.82, 2.24) is 19.4 Å². The molecule has 2 aromatic rings. The van der Waals surface area contributed by atoms with E-state index >= 15 is 0 Å². The van der Waals surface area contributed by atoms with Crippen molar-refractivity contribution in [2.24, 2.45) is 11.8 Å². The van der Waals surface area contributed by atoms with E-state index < -0.39 is 17.5 Å². The van der Waals surface area contributed by atoms with Crippen LogP contribution in [-0.2, 0) is 20.0 Å². The van der Waals surface area contributed by atoms with Gasteiger partial charge in [-0.25, -0.2) is 9.97 Å². The number of nitrogens with two attached hydrogens (primary N) is 1. The van der Waals surface area contributed by atoms with E-state index in [1.807, 2.05) is 26.1 Å². The topological polar surface area (TPSA) is 116 Å². The zero-order chi connectivity index (χ0) is 22.7. The molecule has 2 aromatic heterocycles. The average Bonchev–Trinajstić information content (AvgIpc) is 3.32. The Morgan fingerprint density at radius 3 is 2.91 bits per heavy atom. The second-order valence-electron chi connectivity index (χ2n) is 10.2. The summed E-state index contributed by atoms with van der Waals surface area (Å²) >= 11 is 0. The van der Waals surface area contributed by atoms with Crippen LogP contribution < -0.4 is 5.73 Å². The standard InChI is InChI=1S/C23H33N5O4/c1-22(2)31-19-15(12-27(3)16-10-14(11-16)4-5-18(29)30)6-8-23(19,32-22)28-9-7-17-20(24)25-13-26-21(17)28/h7,9,13-16,19H,4-6,8,10-12H2,1-3H3,(H,29,30)(H2,24,25,26). The highest BCUT2D eigenvalue weighted by atomic mass is 16.8. The monoisotopic (exact) mass is 443 g/mol. The third-order valence-corrected chi connectivity index (χ3v) is 7.62. The summed E-state index contributed by atoms with van der Waals surface area (Å²) in [5, 5.41) is 9.74. The molecule has 0 bridgehead atoms. The number of carboxylic acids is 1. The van der Waals surface area contributed by atoms with Gasteiger partial charge < -0.3 is 29.8 Å². The summed E-state index contributed by atoms with van der Waals surface area (Å²) in [6, 6.07) is 2.47. The first-order valence-electron chi connectivity index (χ1n) is 11.6. The van der Waals surface area contributed by atoms with Gasteiger partial charge >= 0.3 is 5.97 Å². The molecular formula is C23H33N5O4. The van der Waals surface area contributed by atoms with E-state index in [1.54, 1.807) is 0 Å². The van der Waals surface area contributed by atoms with Crippen LogP contribution in [0.3, 0.4) is 0 Å². The van der Waals surface area contributed by atoms with Crippen molar-refractivity contribution in [2.75, 3.05) is 19.3 Å². The lowest BCUT2D eigenvalue weighted by atomic mass is 9.76. The summed E-state index contributed by atoms with van der Waals surface area (Å²) in [5.74, 6) is -0.0551. The van der Waals surface area contributed by atoms with Crippen LogP contribution in [0.4, 0.5) is 5.82 Å². The molecule has 2 aliphatic carbocycles. The average molecular weight is 444 g/mol. The lowest BCUT2D eigenvalue weighted by Crippen LogP contribution is -2.47. The molecule has 3 fully saturated rings. The van der Waals surface area contributed by atoms with Gasteiger partial charge in [0.25, 0.3) is 0 Å². The molecule has 3 aliphatic rings. The molecule has 3 atom stereocenters. The lowest BCUT2D eigenvalue weighted by Gasteiger charge is -2.42. The van der Waals surface area contributed by atoms with Crippen molar-refractivity contribution in [2.45, 2.75) is 76.0 Å². The van der Waals surface area contributed by atoms with Crippen LogP contribution in [0.5, 0.6) is 0 Å². The van der Waals surface area contributed by atoms with E-state index in [0.29, 0.717) is 23.7 Å². The quantitative estimate of drug-likeness (QED) is 0.671. The minimum atomic E-state index is -0.699. The molecule has 9 nitrogen and oxygen atoms in total. The highest BCUT2D eigenvalue weighted by Gasteiger charge is 2.61. The molecule has 1 aliphatic heterocycles. The Bertz CT molecular complexity index is 1020. The van der Waals surface area contributed by atoms with Gasteiger partial charge in [0.15, 0.2) is 11.5 Å². The Morgan fingerprint density at radius 1 is 1.38 bits per heavy atom. The van der Waals surface area contributed by atoms with Gasteiger partial charge in [0.2, 0.25) is 0 Å². The van der Waals surface area contributed by atoms with Crippen molar-refractivity contribution in [3.8, 4) is 0 Å². The smallest absolute Gasteiger partial charge is 0.303 e. The molecule has 3 unspecified atom stereocenters. The number of carboxylic acid groups (broad SMARTS) is 1. The first-order valence-corrected chi connectivity index (χ1v) is 11.6. The third-order valence-electron chi connectivity index (χ3n) is 7.62. The molecule has 32 heavy (non-hydrogen) atoms. The predicted octanol–water partition coefficient (Wildman–Crippen LogP) is 2.80. The SMILES string of the molecule is CN(CC1CCC2(n3ccc4c(N)ncnc43)OC(C)(C)OC12)C1CC(CCC(=O)O)C1. The number of ether oxygens (including phenoxy) is 2. The van der Waals surface area contributed by atoms with Crippen LogP contribution in [0.1, 0.15) is 52.4 Å². The first kappa shape index (κ1) is 21.6. The number of nitrogen functional groups attached to an aromatic ring is 1. The van der Waals surface area contributed by atoms with E-state index in [1.165, 1.54) is 6.33 Å². The molecule has 3 N–H and O–H groups in total. The molecular weight excluding hydrogens is 410 g/mol. The summed E-state index contributed by atoms with van der Waals surface area (Å²) < 4.78 is 15.2. The molecule has 0 amide bonds. The van der Waals surface area contributed by atoms with Crippen LogP contribution in [0.15, 0.2) is 18.6 Å². The maximum absolute atomic E-state index is 10.8. The Balaban J connectivity index is 1.33. The Morgan fingerprint density at radius 2 is 2.16 bits per heavy atom. The molecule has 5 rings (SSSR count). The van der Waals surface area contributed by atoms with Gasteiger partial charge in [0.1, 0.15) is 23.9 Å². The second-order valence-corrected chi connectivity index (χ2v) is 10.2. The maximum Gasteiger partial charge on any atom is 0.303 e. The number of nitrogens with zero attached hydrogens (tertiary/aromatic N) is 4. The molecule has 0 aromatic carbocycles. The fourth-order valence-corrected chi connectivity index (χ4v) is 6.02. The fraction of sp³-hybridized carbons (Fsp3) is 0.696. The minimum absolute atomic E-state index is 0.0883. The summed E-state index contributed by atoms with van der Waals surface area (Å²) in [6.07, 6.45) is 8.46. The summed E-state index contributed by atoms with van der Waals surface area (Å²) in [6.45, 7) is 4.88. The Kier molecular flexibility index (Phi) is 5.18. The zero-order valence-electron chi connectivity index (χ0n) is 19.0. The van der Waals surface area contributed by atoms with Crippen molar-refractivity contribution >= 4 is 22.8 Å². The summed E-state index contributed by atoms with van der Waals surface area (Å²) in [7, 11) is 2.18. The van der Waals surface area contributed by atoms with E-state index in [4.69, 9.17) is 20.3 Å². The number of rotatable bonds is 7. The number of anilines is 1. The van der Waals surface area contributed by atoms with E-state index in [2.05, 4.69) is 26.5 Å². The number of aliphatic carboxylic acids is 1. The molecule has 3 heterocycles. The zero-order valence-corrected chi connectivity index (χ0v) is 19.0. The molecule has 9 heteroatoms. The van der Waals surface area contributed by atoms with Crippen LogP contribution >= 0.6 is 0 Å². The number of fused-ring (bicyclic) bond motifs is 2. The van der Waals surface area contributed by atoms with Crippen molar-refractivity contribution < 1.29 is 19.4 Å². The molecule has 174 valence electrons. The molecule has 1 saturated heterocycles. The molecule has 2 saturated carbocycles. The largest absolute Gasteiger partial charge is 0.481 e. The molecule has 0 spiro atoms. The number of hydrogen-bond acceptors (Lipinski definition) is 7. The van der Waals surface area contributed by atoms with Gasteiger partial charge in [-0.05, 0) is 65.0 Å². The van der Waals surface area contributed by atoms with Gasteiger partial charge in [0, 0.05) is 31.1 Å². The van der Waals surface area contributed by atoms with Crippen molar-refractivity contribution in [3.63, 3.8) is 0 Å². The maximum atomic E-state index is 10.8. The Labute approximate surface area is 187 Å². The normalized spacial score (nSPS) is 33.5. The van der Waals surface area contributed by atoms with Crippen LogP contribution in [-0.4, -0.2) is 62.0 Å². The van der Waals surface area contributed by atoms with E-state index in [0.717, 1.165) is 49.7 Å². The van der Waals surface area contributed by atoms with Crippen LogP contribution in [0.2, 0.25) is 0 Å². The predicted molar refractivity (Wildman–Crippen MR) is 119 cm³/mol. The van der Waals surface area contributed by atoms with Crippen molar-refractivity contribution in [3.05, 3.63) is 18.6 Å². The summed E-state index contributed by atoms with van der Waals surface area (Å²) in [5.41, 5.74) is 6.24. The van der Waals surface area contributed by atoms with Gasteiger partial charge in [-0.3, -0.25) is 4.79 Å². The Hall–Kier alpha value is -2.23. The van der Waals surface area contributed by atoms with Gasteiger partial charge in [-0.1, -0.05) is 0 Å². The van der Waals surface area contributed by atoms with E-state index in [9.17, 15) is 4.79 Å². The number of aromatic nitrogens is 3. The fourth-order valence-electron chi connectivity index (χ4n) is 6.02. The highest BCUT2D eigenvalue weighted by Crippen LogP contribution is 2.53. The van der Waals surface area contributed by atoms with Gasteiger partial charge in [-0.2, -0.15) is 0 Å². The van der Waals surface area contributed by atoms with Crippen molar-refractivity contribution in [1.29, 1.82) is 0 Å². The van der Waals surface area contributed by atoms with Crippen LogP contribution in [0.25, 0.3) is 11.0 Å².